The normalized spacial score (nSPS) is 13.8. The molecule has 4 heteroatoms. The Bertz CT molecular complexity index is 3460. The van der Waals surface area contributed by atoms with Crippen molar-refractivity contribution in [1.82, 2.24) is 4.40 Å². The SMILES string of the molecule is Cc1ccc(N(c2ccc(C(C)(C)C)cc2)c2ccc3c4cc5ccc(N(c6ccc(C(C)(C)C)cc6)c6ccc([Si](C)(C)C)cc6)cc5c5c6c(n(c3c2)c45)-c2ccccc2C6(C)C)cc1. The zero-order chi connectivity index (χ0) is 46.9. The zero-order valence-electron chi connectivity index (χ0n) is 41.4. The number of hydrogen-bond donors (Lipinski definition) is 0. The number of fused-ring (bicyclic) bond motifs is 10. The fourth-order valence-electron chi connectivity index (χ4n) is 11.0. The maximum Gasteiger partial charge on any atom is 0.0775 e. The molecule has 0 aliphatic heterocycles. The first-order valence-electron chi connectivity index (χ1n) is 24.2. The van der Waals surface area contributed by atoms with Crippen LogP contribution in [0.1, 0.15) is 83.2 Å². The Hall–Kier alpha value is -6.62. The van der Waals surface area contributed by atoms with E-state index in [1.54, 1.807) is 0 Å². The van der Waals surface area contributed by atoms with Gasteiger partial charge in [0.2, 0.25) is 0 Å². The maximum absolute atomic E-state index is 2.63. The van der Waals surface area contributed by atoms with E-state index in [-0.39, 0.29) is 16.2 Å². The zero-order valence-corrected chi connectivity index (χ0v) is 42.4. The quantitative estimate of drug-likeness (QED) is 0.148. The summed E-state index contributed by atoms with van der Waals surface area (Å²) in [6, 6.07) is 62.7. The van der Waals surface area contributed by atoms with Gasteiger partial charge in [-0.05, 0) is 130 Å². The lowest BCUT2D eigenvalue weighted by atomic mass is 9.80. The molecule has 2 aromatic heterocycles. The Balaban J connectivity index is 1.18. The molecular weight excluding hydrogens is 827 g/mol. The van der Waals surface area contributed by atoms with Gasteiger partial charge >= 0.3 is 0 Å². The minimum atomic E-state index is -1.50. The molecule has 8 aromatic carbocycles. The van der Waals surface area contributed by atoms with Crippen LogP contribution in [0.5, 0.6) is 0 Å². The van der Waals surface area contributed by atoms with Crippen molar-refractivity contribution in [2.75, 3.05) is 9.80 Å². The van der Waals surface area contributed by atoms with Crippen molar-refractivity contribution < 1.29 is 0 Å². The van der Waals surface area contributed by atoms with Crippen LogP contribution < -0.4 is 15.0 Å². The van der Waals surface area contributed by atoms with E-state index >= 15 is 0 Å². The highest BCUT2D eigenvalue weighted by atomic mass is 28.3. The van der Waals surface area contributed by atoms with E-state index in [0.717, 1.165) is 28.4 Å². The van der Waals surface area contributed by atoms with Crippen molar-refractivity contribution in [1.29, 1.82) is 0 Å². The lowest BCUT2D eigenvalue weighted by Gasteiger charge is -2.28. The molecule has 0 saturated carbocycles. The molecule has 0 amide bonds. The van der Waals surface area contributed by atoms with Gasteiger partial charge in [-0.3, -0.25) is 0 Å². The Kier molecular flexibility index (Phi) is 9.58. The molecule has 2 heterocycles. The van der Waals surface area contributed by atoms with Crippen LogP contribution in [0.4, 0.5) is 34.1 Å². The molecule has 0 unspecified atom stereocenters. The molecule has 0 atom stereocenters. The molecule has 1 aliphatic rings. The molecular formula is C63H63N3Si. The van der Waals surface area contributed by atoms with Gasteiger partial charge in [0.1, 0.15) is 0 Å². The predicted molar refractivity (Wildman–Crippen MR) is 293 cm³/mol. The summed E-state index contributed by atoms with van der Waals surface area (Å²) in [7, 11) is -1.50. The van der Waals surface area contributed by atoms with Crippen molar-refractivity contribution >= 4 is 85.3 Å². The van der Waals surface area contributed by atoms with Crippen LogP contribution in [0.25, 0.3) is 49.2 Å². The molecule has 334 valence electrons. The van der Waals surface area contributed by atoms with Crippen LogP contribution in [0.15, 0.2) is 164 Å². The fraction of sp³-hybridized carbons (Fsp3) is 0.238. The van der Waals surface area contributed by atoms with Gasteiger partial charge in [0.15, 0.2) is 0 Å². The first-order chi connectivity index (χ1) is 31.8. The molecule has 11 rings (SSSR count). The first kappa shape index (κ1) is 43.0. The van der Waals surface area contributed by atoms with E-state index in [9.17, 15) is 0 Å². The summed E-state index contributed by atoms with van der Waals surface area (Å²) >= 11 is 0. The van der Waals surface area contributed by atoms with Crippen molar-refractivity contribution in [2.24, 2.45) is 0 Å². The molecule has 0 spiro atoms. The van der Waals surface area contributed by atoms with E-state index in [1.807, 2.05) is 0 Å². The van der Waals surface area contributed by atoms with Gasteiger partial charge in [-0.1, -0.05) is 171 Å². The number of aromatic nitrogens is 1. The van der Waals surface area contributed by atoms with E-state index in [4.69, 9.17) is 0 Å². The second kappa shape index (κ2) is 14.9. The van der Waals surface area contributed by atoms with Crippen LogP contribution in [0.2, 0.25) is 19.6 Å². The maximum atomic E-state index is 2.63. The minimum Gasteiger partial charge on any atom is -0.310 e. The van der Waals surface area contributed by atoms with E-state index < -0.39 is 8.07 Å². The molecule has 0 radical (unpaired) electrons. The summed E-state index contributed by atoms with van der Waals surface area (Å²) in [4.78, 5) is 4.89. The molecule has 10 aromatic rings. The molecule has 0 N–H and O–H groups in total. The van der Waals surface area contributed by atoms with Gasteiger partial charge in [-0.25, -0.2) is 0 Å². The number of benzene rings is 8. The van der Waals surface area contributed by atoms with Crippen molar-refractivity contribution in [3.63, 3.8) is 0 Å². The third kappa shape index (κ3) is 6.89. The molecule has 0 fully saturated rings. The van der Waals surface area contributed by atoms with Gasteiger partial charge in [-0.2, -0.15) is 0 Å². The fourth-order valence-corrected chi connectivity index (χ4v) is 12.2. The average molecular weight is 890 g/mol. The molecule has 1 aliphatic carbocycles. The Morgan fingerprint density at radius 2 is 0.985 bits per heavy atom. The Morgan fingerprint density at radius 1 is 0.493 bits per heavy atom. The van der Waals surface area contributed by atoms with Gasteiger partial charge in [0.25, 0.3) is 0 Å². The van der Waals surface area contributed by atoms with Gasteiger partial charge in [0, 0.05) is 61.3 Å². The molecule has 0 saturated heterocycles. The van der Waals surface area contributed by atoms with Crippen LogP contribution in [0.3, 0.4) is 0 Å². The summed E-state index contributed by atoms with van der Waals surface area (Å²) in [5, 5.41) is 7.94. The van der Waals surface area contributed by atoms with E-state index in [0.29, 0.717) is 0 Å². The lowest BCUT2D eigenvalue weighted by Crippen LogP contribution is -2.37. The summed E-state index contributed by atoms with van der Waals surface area (Å²) in [5.41, 5.74) is 18.7. The Labute approximate surface area is 398 Å². The van der Waals surface area contributed by atoms with Crippen molar-refractivity contribution in [2.45, 2.75) is 98.2 Å². The van der Waals surface area contributed by atoms with Crippen molar-refractivity contribution in [3.8, 4) is 11.3 Å². The first-order valence-corrected chi connectivity index (χ1v) is 27.7. The van der Waals surface area contributed by atoms with E-state index in [1.165, 1.54) is 87.9 Å². The van der Waals surface area contributed by atoms with Gasteiger partial charge in [0.05, 0.1) is 24.8 Å². The largest absolute Gasteiger partial charge is 0.310 e. The van der Waals surface area contributed by atoms with Gasteiger partial charge < -0.3 is 14.2 Å². The highest BCUT2D eigenvalue weighted by molar-refractivity contribution is 6.88. The van der Waals surface area contributed by atoms with Crippen molar-refractivity contribution in [3.05, 3.63) is 192 Å². The lowest BCUT2D eigenvalue weighted by molar-refractivity contribution is 0.590. The number of aryl methyl sites for hydroxylation is 1. The number of hydrogen-bond acceptors (Lipinski definition) is 2. The highest BCUT2D eigenvalue weighted by Crippen LogP contribution is 2.57. The second-order valence-electron chi connectivity index (χ2n) is 22.9. The molecule has 3 nitrogen and oxygen atoms in total. The summed E-state index contributed by atoms with van der Waals surface area (Å²) in [6.45, 7) is 28.0. The third-order valence-electron chi connectivity index (χ3n) is 14.8. The summed E-state index contributed by atoms with van der Waals surface area (Å²) < 4.78 is 2.63. The Morgan fingerprint density at radius 3 is 1.54 bits per heavy atom. The summed E-state index contributed by atoms with van der Waals surface area (Å²) in [5.74, 6) is 0. The second-order valence-corrected chi connectivity index (χ2v) is 28.0. The predicted octanol–water partition coefficient (Wildman–Crippen LogP) is 17.5. The van der Waals surface area contributed by atoms with Crippen LogP contribution in [-0.2, 0) is 16.2 Å². The molecule has 0 bridgehead atoms. The standard InChI is InChI=1S/C63H63N3Si/c1-40-17-24-44(25-18-40)65(46-29-22-43(23-30-46)62(5,6)7)49-33-36-51-54-37-41-19-26-48(64(45-27-20-42(21-28-45)61(2,3)4)47-31-34-50(35-32-47)67(10,11)12)38-53(41)57-58-60(66(59(54)57)56(51)39-49)52-15-13-14-16-55(52)63(58,8)9/h13-39H,1-12H3. The minimum absolute atomic E-state index is 0.0633. The van der Waals surface area contributed by atoms with Gasteiger partial charge in [-0.15, -0.1) is 0 Å². The monoisotopic (exact) mass is 889 g/mol. The number of anilines is 6. The average Bonchev–Trinajstić information content (AvgIpc) is 3.89. The third-order valence-corrected chi connectivity index (χ3v) is 16.9. The number of rotatable bonds is 7. The van der Waals surface area contributed by atoms with Crippen LogP contribution in [0, 0.1) is 6.92 Å². The van der Waals surface area contributed by atoms with E-state index in [2.05, 4.69) is 260 Å². The number of nitrogens with zero attached hydrogens (tertiary/aromatic N) is 3. The highest BCUT2D eigenvalue weighted by Gasteiger charge is 2.41. The molecule has 67 heavy (non-hydrogen) atoms. The van der Waals surface area contributed by atoms with Crippen LogP contribution >= 0.6 is 0 Å². The smallest absolute Gasteiger partial charge is 0.0775 e. The topological polar surface area (TPSA) is 10.9 Å². The van der Waals surface area contributed by atoms with Crippen LogP contribution in [-0.4, -0.2) is 12.5 Å². The summed E-state index contributed by atoms with van der Waals surface area (Å²) in [6.07, 6.45) is 0.